The van der Waals surface area contributed by atoms with Crippen LogP contribution in [0.15, 0.2) is 48.7 Å². The lowest BCUT2D eigenvalue weighted by molar-refractivity contribution is -0.0498. The van der Waals surface area contributed by atoms with Crippen LogP contribution in [0.25, 0.3) is 0 Å². The second kappa shape index (κ2) is 5.95. The van der Waals surface area contributed by atoms with Crippen LogP contribution in [0.2, 0.25) is 0 Å². The Balaban J connectivity index is 1.97. The lowest BCUT2D eigenvalue weighted by Gasteiger charge is -2.08. The fourth-order valence-electron chi connectivity index (χ4n) is 1.49. The number of hydrogen-bond acceptors (Lipinski definition) is 3. The minimum atomic E-state index is -2.80. The highest BCUT2D eigenvalue weighted by molar-refractivity contribution is 5.36. The number of benzene rings is 1. The molecule has 1 aromatic heterocycles. The van der Waals surface area contributed by atoms with E-state index in [1.807, 2.05) is 24.3 Å². The normalized spacial score (nSPS) is 10.4. The molecule has 0 saturated heterocycles. The number of nitrogens with zero attached hydrogens (tertiary/aromatic N) is 1. The van der Waals surface area contributed by atoms with E-state index in [-0.39, 0.29) is 5.75 Å². The monoisotopic (exact) mass is 250 g/mol. The Morgan fingerprint density at radius 2 is 2.06 bits per heavy atom. The maximum absolute atomic E-state index is 12.1. The van der Waals surface area contributed by atoms with Gasteiger partial charge in [0.15, 0.2) is 0 Å². The van der Waals surface area contributed by atoms with Crippen molar-refractivity contribution >= 4 is 5.82 Å². The summed E-state index contributed by atoms with van der Waals surface area (Å²) in [7, 11) is 0. The Labute approximate surface area is 103 Å². The third-order valence-corrected chi connectivity index (χ3v) is 2.26. The maximum Gasteiger partial charge on any atom is 0.387 e. The molecule has 0 amide bonds. The van der Waals surface area contributed by atoms with E-state index < -0.39 is 6.61 Å². The smallest absolute Gasteiger partial charge is 0.387 e. The van der Waals surface area contributed by atoms with Gasteiger partial charge >= 0.3 is 6.61 Å². The van der Waals surface area contributed by atoms with Crippen molar-refractivity contribution in [3.63, 3.8) is 0 Å². The van der Waals surface area contributed by atoms with Crippen molar-refractivity contribution in [1.29, 1.82) is 0 Å². The Kier molecular flexibility index (Phi) is 4.06. The van der Waals surface area contributed by atoms with Crippen LogP contribution in [0, 0.1) is 0 Å². The molecule has 2 aromatic rings. The van der Waals surface area contributed by atoms with Crippen LogP contribution in [0.5, 0.6) is 5.75 Å². The number of nitrogens with one attached hydrogen (secondary N) is 1. The predicted octanol–water partition coefficient (Wildman–Crippen LogP) is 3.30. The molecule has 94 valence electrons. The van der Waals surface area contributed by atoms with E-state index in [4.69, 9.17) is 0 Å². The molecule has 0 aliphatic carbocycles. The van der Waals surface area contributed by atoms with Gasteiger partial charge in [-0.3, -0.25) is 0 Å². The molecule has 1 aromatic carbocycles. The maximum atomic E-state index is 12.1. The third kappa shape index (κ3) is 3.69. The Morgan fingerprint density at radius 3 is 2.78 bits per heavy atom. The molecule has 5 heteroatoms. The minimum absolute atomic E-state index is 0.158. The molecule has 0 fully saturated rings. The van der Waals surface area contributed by atoms with Gasteiger partial charge in [0, 0.05) is 12.7 Å². The Bertz CT molecular complexity index is 491. The lowest BCUT2D eigenvalue weighted by atomic mass is 10.2. The summed E-state index contributed by atoms with van der Waals surface area (Å²) in [5.74, 6) is 0.892. The lowest BCUT2D eigenvalue weighted by Crippen LogP contribution is -2.04. The van der Waals surface area contributed by atoms with E-state index in [9.17, 15) is 8.78 Å². The highest BCUT2D eigenvalue weighted by Crippen LogP contribution is 2.16. The van der Waals surface area contributed by atoms with E-state index in [1.165, 1.54) is 6.07 Å². The van der Waals surface area contributed by atoms with E-state index in [1.54, 1.807) is 18.3 Å². The first kappa shape index (κ1) is 12.3. The molecule has 0 atom stereocenters. The number of aromatic nitrogens is 1. The number of alkyl halides is 2. The van der Waals surface area contributed by atoms with Gasteiger partial charge in [0.25, 0.3) is 0 Å². The first-order chi connectivity index (χ1) is 8.74. The molecule has 1 heterocycles. The highest BCUT2D eigenvalue weighted by Gasteiger charge is 2.04. The zero-order valence-corrected chi connectivity index (χ0v) is 9.51. The Morgan fingerprint density at radius 1 is 1.17 bits per heavy atom. The van der Waals surface area contributed by atoms with Gasteiger partial charge in [-0.25, -0.2) is 4.98 Å². The van der Waals surface area contributed by atoms with Crippen LogP contribution in [0.4, 0.5) is 14.6 Å². The molecule has 0 unspecified atom stereocenters. The van der Waals surface area contributed by atoms with Crippen molar-refractivity contribution in [3.05, 3.63) is 54.2 Å². The largest absolute Gasteiger partial charge is 0.435 e. The second-order valence-corrected chi connectivity index (χ2v) is 3.59. The molecule has 18 heavy (non-hydrogen) atoms. The van der Waals surface area contributed by atoms with Crippen LogP contribution in [0.3, 0.4) is 0 Å². The first-order valence-corrected chi connectivity index (χ1v) is 5.43. The standard InChI is InChI=1S/C13H12F2N2O/c14-13(15)18-11-5-3-4-10(8-11)9-17-12-6-1-2-7-16-12/h1-8,13H,9H2,(H,16,17). The fraction of sp³-hybridized carbons (Fsp3) is 0.154. The molecule has 0 radical (unpaired) electrons. The average Bonchev–Trinajstić information content (AvgIpc) is 2.37. The van der Waals surface area contributed by atoms with Gasteiger partial charge in [0.1, 0.15) is 11.6 Å². The SMILES string of the molecule is FC(F)Oc1cccc(CNc2ccccn2)c1. The van der Waals surface area contributed by atoms with Crippen LogP contribution < -0.4 is 10.1 Å². The van der Waals surface area contributed by atoms with Gasteiger partial charge < -0.3 is 10.1 Å². The molecule has 2 rings (SSSR count). The quantitative estimate of drug-likeness (QED) is 0.884. The van der Waals surface area contributed by atoms with E-state index in [0.717, 1.165) is 11.4 Å². The number of rotatable bonds is 5. The molecule has 0 aliphatic heterocycles. The molecule has 1 N–H and O–H groups in total. The summed E-state index contributed by atoms with van der Waals surface area (Å²) >= 11 is 0. The van der Waals surface area contributed by atoms with Crippen LogP contribution >= 0.6 is 0 Å². The van der Waals surface area contributed by atoms with Gasteiger partial charge in [0.05, 0.1) is 0 Å². The van der Waals surface area contributed by atoms with Crippen molar-refractivity contribution in [2.24, 2.45) is 0 Å². The van der Waals surface area contributed by atoms with Crippen molar-refractivity contribution in [3.8, 4) is 5.75 Å². The number of hydrogen-bond donors (Lipinski definition) is 1. The Hall–Kier alpha value is -2.17. The number of halogens is 2. The molecule has 0 saturated carbocycles. The summed E-state index contributed by atoms with van der Waals surface area (Å²) in [6.45, 7) is -2.30. The summed E-state index contributed by atoms with van der Waals surface area (Å²) in [5, 5.41) is 3.09. The van der Waals surface area contributed by atoms with E-state index in [0.29, 0.717) is 6.54 Å². The summed E-state index contributed by atoms with van der Waals surface area (Å²) in [4.78, 5) is 4.10. The van der Waals surface area contributed by atoms with Gasteiger partial charge in [0.2, 0.25) is 0 Å². The molecule has 0 aliphatic rings. The first-order valence-electron chi connectivity index (χ1n) is 5.43. The number of pyridine rings is 1. The zero-order chi connectivity index (χ0) is 12.8. The minimum Gasteiger partial charge on any atom is -0.435 e. The van der Waals surface area contributed by atoms with E-state index in [2.05, 4.69) is 15.0 Å². The number of anilines is 1. The topological polar surface area (TPSA) is 34.1 Å². The van der Waals surface area contributed by atoms with Crippen molar-refractivity contribution in [2.45, 2.75) is 13.2 Å². The molecule has 3 nitrogen and oxygen atoms in total. The number of ether oxygens (including phenoxy) is 1. The molecular formula is C13H12F2N2O. The summed E-state index contributed by atoms with van der Waals surface area (Å²) < 4.78 is 28.4. The highest BCUT2D eigenvalue weighted by atomic mass is 19.3. The summed E-state index contributed by atoms with van der Waals surface area (Å²) in [5.41, 5.74) is 0.846. The van der Waals surface area contributed by atoms with E-state index >= 15 is 0 Å². The summed E-state index contributed by atoms with van der Waals surface area (Å²) in [6, 6.07) is 12.1. The fourth-order valence-corrected chi connectivity index (χ4v) is 1.49. The van der Waals surface area contributed by atoms with Crippen LogP contribution in [-0.4, -0.2) is 11.6 Å². The van der Waals surface area contributed by atoms with Crippen molar-refractivity contribution in [1.82, 2.24) is 4.98 Å². The van der Waals surface area contributed by atoms with Gasteiger partial charge in [-0.2, -0.15) is 8.78 Å². The summed E-state index contributed by atoms with van der Waals surface area (Å²) in [6.07, 6.45) is 1.68. The molecular weight excluding hydrogens is 238 g/mol. The van der Waals surface area contributed by atoms with Crippen LogP contribution in [-0.2, 0) is 6.54 Å². The average molecular weight is 250 g/mol. The van der Waals surface area contributed by atoms with Crippen molar-refractivity contribution < 1.29 is 13.5 Å². The third-order valence-electron chi connectivity index (χ3n) is 2.26. The zero-order valence-electron chi connectivity index (χ0n) is 9.51. The van der Waals surface area contributed by atoms with Crippen molar-refractivity contribution in [2.75, 3.05) is 5.32 Å². The van der Waals surface area contributed by atoms with Crippen LogP contribution in [0.1, 0.15) is 5.56 Å². The predicted molar refractivity (Wildman–Crippen MR) is 64.6 cm³/mol. The second-order valence-electron chi connectivity index (χ2n) is 3.59. The molecule has 0 bridgehead atoms. The van der Waals surface area contributed by atoms with Gasteiger partial charge in [-0.1, -0.05) is 18.2 Å². The van der Waals surface area contributed by atoms with Gasteiger partial charge in [-0.05, 0) is 29.8 Å². The van der Waals surface area contributed by atoms with Gasteiger partial charge in [-0.15, -0.1) is 0 Å². The molecule has 0 spiro atoms.